The number of nitrogens with one attached hydrogen (secondary N) is 1. The standard InChI is InChI=1S/C21H23N7O2S/c1-12-18(31(23,29)30)10-17(19(20(12)22)21-24-7-4-8-25-21)26-11-14-5-6-15-13(2)28(3)27-16(15)9-14/h4-10,26H,11,22H2,1-3H3,(H2,23,29,30). The summed E-state index contributed by atoms with van der Waals surface area (Å²) in [5.41, 5.74) is 10.9. The van der Waals surface area contributed by atoms with E-state index in [0.29, 0.717) is 29.2 Å². The zero-order valence-corrected chi connectivity index (χ0v) is 18.2. The molecule has 0 saturated heterocycles. The Morgan fingerprint density at radius 1 is 1.13 bits per heavy atom. The Morgan fingerprint density at radius 3 is 2.52 bits per heavy atom. The number of nitrogen functional groups attached to an aromatic ring is 1. The Kier molecular flexibility index (Phi) is 5.11. The highest BCUT2D eigenvalue weighted by atomic mass is 32.2. The topological polar surface area (TPSA) is 142 Å². The van der Waals surface area contributed by atoms with Crippen LogP contribution in [0, 0.1) is 13.8 Å². The second-order valence-corrected chi connectivity index (χ2v) is 8.90. The maximum absolute atomic E-state index is 12.1. The van der Waals surface area contributed by atoms with E-state index in [-0.39, 0.29) is 10.6 Å². The van der Waals surface area contributed by atoms with Crippen LogP contribution in [0.2, 0.25) is 0 Å². The fraction of sp³-hybridized carbons (Fsp3) is 0.190. The highest BCUT2D eigenvalue weighted by molar-refractivity contribution is 7.89. The number of aromatic nitrogens is 4. The maximum atomic E-state index is 12.1. The molecule has 0 radical (unpaired) electrons. The first-order valence-corrected chi connectivity index (χ1v) is 11.1. The van der Waals surface area contributed by atoms with Crippen LogP contribution in [0.3, 0.4) is 0 Å². The summed E-state index contributed by atoms with van der Waals surface area (Å²) in [4.78, 5) is 8.54. The first-order valence-electron chi connectivity index (χ1n) is 9.56. The number of primary sulfonamides is 1. The van der Waals surface area contributed by atoms with Crippen molar-refractivity contribution in [3.05, 3.63) is 59.5 Å². The normalized spacial score (nSPS) is 11.7. The molecule has 0 aliphatic heterocycles. The van der Waals surface area contributed by atoms with Gasteiger partial charge in [0, 0.05) is 48.4 Å². The van der Waals surface area contributed by atoms with E-state index >= 15 is 0 Å². The predicted molar refractivity (Wildman–Crippen MR) is 121 cm³/mol. The number of nitrogens with zero attached hydrogens (tertiary/aromatic N) is 4. The third-order valence-electron chi connectivity index (χ3n) is 5.36. The highest BCUT2D eigenvalue weighted by Gasteiger charge is 2.22. The molecule has 4 aromatic rings. The van der Waals surface area contributed by atoms with E-state index in [2.05, 4.69) is 20.4 Å². The second-order valence-electron chi connectivity index (χ2n) is 7.37. The van der Waals surface area contributed by atoms with Crippen molar-refractivity contribution in [3.63, 3.8) is 0 Å². The van der Waals surface area contributed by atoms with Crippen LogP contribution in [0.25, 0.3) is 22.3 Å². The predicted octanol–water partition coefficient (Wildman–Crippen LogP) is 2.49. The lowest BCUT2D eigenvalue weighted by Gasteiger charge is -2.18. The van der Waals surface area contributed by atoms with Gasteiger partial charge in [-0.05, 0) is 43.2 Å². The third-order valence-corrected chi connectivity index (χ3v) is 6.40. The van der Waals surface area contributed by atoms with E-state index in [4.69, 9.17) is 10.9 Å². The number of hydrogen-bond donors (Lipinski definition) is 3. The highest BCUT2D eigenvalue weighted by Crippen LogP contribution is 2.37. The van der Waals surface area contributed by atoms with E-state index in [1.165, 1.54) is 6.07 Å². The number of hydrogen-bond acceptors (Lipinski definition) is 7. The number of fused-ring (bicyclic) bond motifs is 1. The zero-order chi connectivity index (χ0) is 22.3. The van der Waals surface area contributed by atoms with Crippen LogP contribution >= 0.6 is 0 Å². The maximum Gasteiger partial charge on any atom is 0.238 e. The van der Waals surface area contributed by atoms with E-state index in [1.54, 1.807) is 25.4 Å². The monoisotopic (exact) mass is 437 g/mol. The van der Waals surface area contributed by atoms with Crippen LogP contribution in [0.1, 0.15) is 16.8 Å². The Balaban J connectivity index is 1.78. The molecule has 0 saturated carbocycles. The Hall–Kier alpha value is -3.50. The lowest BCUT2D eigenvalue weighted by molar-refractivity contribution is 0.597. The van der Waals surface area contributed by atoms with Gasteiger partial charge >= 0.3 is 0 Å². The second kappa shape index (κ2) is 7.64. The van der Waals surface area contributed by atoms with E-state index in [9.17, 15) is 8.42 Å². The van der Waals surface area contributed by atoms with Crippen LogP contribution in [-0.2, 0) is 23.6 Å². The van der Waals surface area contributed by atoms with Gasteiger partial charge in [-0.2, -0.15) is 5.10 Å². The molecule has 0 unspecified atom stereocenters. The number of benzene rings is 2. The number of anilines is 2. The van der Waals surface area contributed by atoms with E-state index in [1.807, 2.05) is 36.9 Å². The first-order chi connectivity index (χ1) is 14.7. The summed E-state index contributed by atoms with van der Waals surface area (Å²) in [6, 6.07) is 9.20. The smallest absolute Gasteiger partial charge is 0.238 e. The summed E-state index contributed by atoms with van der Waals surface area (Å²) in [5.74, 6) is 0.391. The van der Waals surface area contributed by atoms with Gasteiger partial charge in [0.25, 0.3) is 0 Å². The van der Waals surface area contributed by atoms with Crippen molar-refractivity contribution in [2.45, 2.75) is 25.3 Å². The van der Waals surface area contributed by atoms with Gasteiger partial charge in [-0.25, -0.2) is 23.5 Å². The van der Waals surface area contributed by atoms with Crippen molar-refractivity contribution in [1.29, 1.82) is 0 Å². The summed E-state index contributed by atoms with van der Waals surface area (Å²) in [6.07, 6.45) is 3.21. The number of sulfonamides is 1. The van der Waals surface area contributed by atoms with Crippen molar-refractivity contribution in [2.24, 2.45) is 12.2 Å². The fourth-order valence-electron chi connectivity index (χ4n) is 3.56. The molecule has 0 fully saturated rings. The Labute approximate surface area is 180 Å². The van der Waals surface area contributed by atoms with E-state index < -0.39 is 10.0 Å². The average Bonchev–Trinajstić information content (AvgIpc) is 3.01. The summed E-state index contributed by atoms with van der Waals surface area (Å²) >= 11 is 0. The molecule has 0 atom stereocenters. The molecule has 0 bridgehead atoms. The van der Waals surface area contributed by atoms with Gasteiger partial charge in [0.1, 0.15) is 0 Å². The average molecular weight is 438 g/mol. The minimum Gasteiger partial charge on any atom is -0.398 e. The quantitative estimate of drug-likeness (QED) is 0.407. The summed E-state index contributed by atoms with van der Waals surface area (Å²) in [6.45, 7) is 4.05. The van der Waals surface area contributed by atoms with Crippen molar-refractivity contribution >= 4 is 32.3 Å². The van der Waals surface area contributed by atoms with Gasteiger partial charge in [0.15, 0.2) is 5.82 Å². The molecule has 0 aliphatic carbocycles. The minimum absolute atomic E-state index is 0.0389. The van der Waals surface area contributed by atoms with Gasteiger partial charge in [-0.3, -0.25) is 4.68 Å². The molecule has 0 aliphatic rings. The summed E-state index contributed by atoms with van der Waals surface area (Å²) in [5, 5.41) is 14.3. The zero-order valence-electron chi connectivity index (χ0n) is 17.4. The van der Waals surface area contributed by atoms with E-state index in [0.717, 1.165) is 22.2 Å². The molecule has 0 spiro atoms. The van der Waals surface area contributed by atoms with Gasteiger partial charge in [0.2, 0.25) is 10.0 Å². The molecule has 2 aromatic heterocycles. The van der Waals surface area contributed by atoms with Gasteiger partial charge in [-0.1, -0.05) is 12.1 Å². The molecule has 2 heterocycles. The molecule has 0 amide bonds. The number of aryl methyl sites for hydroxylation is 2. The van der Waals surface area contributed by atoms with Crippen molar-refractivity contribution in [3.8, 4) is 11.4 Å². The molecular formula is C21H23N7O2S. The van der Waals surface area contributed by atoms with Crippen LogP contribution in [0.5, 0.6) is 0 Å². The fourth-order valence-corrected chi connectivity index (χ4v) is 4.38. The molecular weight excluding hydrogens is 414 g/mol. The molecule has 5 N–H and O–H groups in total. The van der Waals surface area contributed by atoms with Crippen molar-refractivity contribution in [1.82, 2.24) is 19.7 Å². The molecule has 160 valence electrons. The van der Waals surface area contributed by atoms with Gasteiger partial charge in [-0.15, -0.1) is 0 Å². The lowest BCUT2D eigenvalue weighted by atomic mass is 10.0. The van der Waals surface area contributed by atoms with Gasteiger partial charge in [0.05, 0.1) is 16.0 Å². The van der Waals surface area contributed by atoms with Crippen LogP contribution in [0.15, 0.2) is 47.6 Å². The SMILES string of the molecule is Cc1c(S(N)(=O)=O)cc(NCc2ccc3c(C)n(C)nc3c2)c(-c2ncccn2)c1N. The molecule has 31 heavy (non-hydrogen) atoms. The number of nitrogens with two attached hydrogens (primary N) is 2. The van der Waals surface area contributed by atoms with Gasteiger partial charge < -0.3 is 11.1 Å². The van der Waals surface area contributed by atoms with Crippen LogP contribution in [-0.4, -0.2) is 28.2 Å². The van der Waals surface area contributed by atoms with Crippen LogP contribution < -0.4 is 16.2 Å². The summed E-state index contributed by atoms with van der Waals surface area (Å²) in [7, 11) is -2.06. The lowest BCUT2D eigenvalue weighted by Crippen LogP contribution is -2.16. The molecule has 4 rings (SSSR count). The van der Waals surface area contributed by atoms with Crippen molar-refractivity contribution in [2.75, 3.05) is 11.1 Å². The van der Waals surface area contributed by atoms with Crippen LogP contribution in [0.4, 0.5) is 11.4 Å². The number of rotatable bonds is 5. The van der Waals surface area contributed by atoms with Crippen molar-refractivity contribution < 1.29 is 8.42 Å². The molecule has 9 nitrogen and oxygen atoms in total. The summed E-state index contributed by atoms with van der Waals surface area (Å²) < 4.78 is 26.1. The molecule has 10 heteroatoms. The minimum atomic E-state index is -3.96. The molecule has 2 aromatic carbocycles. The Bertz CT molecular complexity index is 1400. The largest absolute Gasteiger partial charge is 0.398 e. The third kappa shape index (κ3) is 3.82. The Morgan fingerprint density at radius 2 is 1.84 bits per heavy atom. The first kappa shape index (κ1) is 20.8.